The first-order valence-corrected chi connectivity index (χ1v) is 9.25. The number of amidine groups is 1. The van der Waals surface area contributed by atoms with Crippen molar-refractivity contribution in [3.8, 4) is 11.5 Å². The topological polar surface area (TPSA) is 78.7 Å². The zero-order valence-electron chi connectivity index (χ0n) is 15.0. The van der Waals surface area contributed by atoms with Gasteiger partial charge in [-0.2, -0.15) is 0 Å². The maximum Gasteiger partial charge on any atom is 0.161 e. The molecule has 7 heteroatoms. The van der Waals surface area contributed by atoms with E-state index in [0.29, 0.717) is 35.2 Å². The van der Waals surface area contributed by atoms with Crippen molar-refractivity contribution in [2.24, 2.45) is 0 Å². The Balaban J connectivity index is 1.58. The van der Waals surface area contributed by atoms with Crippen molar-refractivity contribution >= 4 is 33.0 Å². The Bertz CT molecular complexity index is 1020. The molecule has 2 N–H and O–H groups in total. The molecular formula is C20H19N3O3S. The van der Waals surface area contributed by atoms with Crippen LogP contribution in [-0.2, 0) is 6.54 Å². The third-order valence-corrected chi connectivity index (χ3v) is 5.57. The van der Waals surface area contributed by atoms with Gasteiger partial charge in [0.2, 0.25) is 0 Å². The van der Waals surface area contributed by atoms with E-state index >= 15 is 0 Å². The van der Waals surface area contributed by atoms with Gasteiger partial charge in [-0.15, -0.1) is 11.3 Å². The van der Waals surface area contributed by atoms with Gasteiger partial charge in [0.05, 0.1) is 36.6 Å². The Kier molecular flexibility index (Phi) is 4.45. The molecule has 0 saturated carbocycles. The SMILES string of the molecule is COc1ccc(CN2CC(O)=C(c3nc4ccccc4s3)C2=N)cc1OC. The van der Waals surface area contributed by atoms with Gasteiger partial charge in [0.15, 0.2) is 11.5 Å². The largest absolute Gasteiger partial charge is 0.510 e. The van der Waals surface area contributed by atoms with Crippen molar-refractivity contribution in [3.63, 3.8) is 0 Å². The number of nitrogens with zero attached hydrogens (tertiary/aromatic N) is 2. The molecule has 0 amide bonds. The summed E-state index contributed by atoms with van der Waals surface area (Å²) < 4.78 is 11.7. The Morgan fingerprint density at radius 1 is 1.15 bits per heavy atom. The molecule has 0 unspecified atom stereocenters. The van der Waals surface area contributed by atoms with Crippen LogP contribution in [-0.4, -0.2) is 41.6 Å². The molecule has 0 radical (unpaired) electrons. The fourth-order valence-electron chi connectivity index (χ4n) is 3.17. The van der Waals surface area contributed by atoms with Gasteiger partial charge < -0.3 is 19.5 Å². The standard InChI is InChI=1S/C20H19N3O3S/c1-25-15-8-7-12(9-16(15)26-2)10-23-11-14(24)18(19(23)21)20-22-13-5-3-4-6-17(13)27-20/h3-9,21,24H,10-11H2,1-2H3. The first kappa shape index (κ1) is 17.4. The summed E-state index contributed by atoms with van der Waals surface area (Å²) in [7, 11) is 3.19. The summed E-state index contributed by atoms with van der Waals surface area (Å²) in [6, 6.07) is 13.5. The van der Waals surface area contributed by atoms with Crippen LogP contribution in [0.25, 0.3) is 15.8 Å². The number of para-hydroxylation sites is 1. The highest BCUT2D eigenvalue weighted by molar-refractivity contribution is 7.19. The fourth-order valence-corrected chi connectivity index (χ4v) is 4.21. The molecule has 2 heterocycles. The number of fused-ring (bicyclic) bond motifs is 1. The molecule has 27 heavy (non-hydrogen) atoms. The van der Waals surface area contributed by atoms with E-state index in [1.54, 1.807) is 14.2 Å². The number of thiazole rings is 1. The second kappa shape index (κ2) is 6.92. The molecule has 138 valence electrons. The number of benzene rings is 2. The van der Waals surface area contributed by atoms with Crippen LogP contribution in [0.15, 0.2) is 48.2 Å². The van der Waals surface area contributed by atoms with E-state index in [-0.39, 0.29) is 11.6 Å². The predicted molar refractivity (Wildman–Crippen MR) is 107 cm³/mol. The third kappa shape index (κ3) is 3.10. The van der Waals surface area contributed by atoms with E-state index in [4.69, 9.17) is 14.9 Å². The van der Waals surface area contributed by atoms with Gasteiger partial charge in [-0.1, -0.05) is 18.2 Å². The number of hydrogen-bond donors (Lipinski definition) is 2. The van der Waals surface area contributed by atoms with Gasteiger partial charge in [0.1, 0.15) is 16.6 Å². The second-order valence-electron chi connectivity index (χ2n) is 6.20. The average molecular weight is 381 g/mol. The third-order valence-electron chi connectivity index (χ3n) is 4.51. The summed E-state index contributed by atoms with van der Waals surface area (Å²) in [4.78, 5) is 6.40. The van der Waals surface area contributed by atoms with Crippen LogP contribution in [0.1, 0.15) is 10.6 Å². The lowest BCUT2D eigenvalue weighted by Gasteiger charge is -2.19. The van der Waals surface area contributed by atoms with Gasteiger partial charge in [-0.25, -0.2) is 4.98 Å². The van der Waals surface area contributed by atoms with E-state index in [0.717, 1.165) is 15.8 Å². The van der Waals surface area contributed by atoms with Crippen molar-refractivity contribution in [1.29, 1.82) is 5.41 Å². The molecule has 1 aromatic heterocycles. The predicted octanol–water partition coefficient (Wildman–Crippen LogP) is 4.08. The smallest absolute Gasteiger partial charge is 0.161 e. The minimum absolute atomic E-state index is 0.180. The highest BCUT2D eigenvalue weighted by Crippen LogP contribution is 2.34. The lowest BCUT2D eigenvalue weighted by molar-refractivity contribution is 0.343. The molecule has 1 aliphatic heterocycles. The highest BCUT2D eigenvalue weighted by Gasteiger charge is 2.30. The molecule has 3 aromatic rings. The van der Waals surface area contributed by atoms with Gasteiger partial charge >= 0.3 is 0 Å². The van der Waals surface area contributed by atoms with Gasteiger partial charge in [-0.3, -0.25) is 5.41 Å². The van der Waals surface area contributed by atoms with Crippen LogP contribution in [0.4, 0.5) is 0 Å². The number of aliphatic hydroxyl groups excluding tert-OH is 1. The minimum Gasteiger partial charge on any atom is -0.510 e. The van der Waals surface area contributed by atoms with Gasteiger partial charge in [-0.05, 0) is 29.8 Å². The maximum absolute atomic E-state index is 10.5. The molecule has 0 fully saturated rings. The van der Waals surface area contributed by atoms with Crippen LogP contribution in [0.2, 0.25) is 0 Å². The van der Waals surface area contributed by atoms with Crippen molar-refractivity contribution in [3.05, 3.63) is 58.8 Å². The zero-order valence-corrected chi connectivity index (χ0v) is 15.8. The molecule has 0 spiro atoms. The fraction of sp³-hybridized carbons (Fsp3) is 0.200. The number of rotatable bonds is 5. The summed E-state index contributed by atoms with van der Waals surface area (Å²) in [5.41, 5.74) is 2.36. The summed E-state index contributed by atoms with van der Waals surface area (Å²) in [5, 5.41) is 19.7. The van der Waals surface area contributed by atoms with Crippen molar-refractivity contribution in [2.75, 3.05) is 20.8 Å². The maximum atomic E-state index is 10.5. The molecular weight excluding hydrogens is 362 g/mol. The monoisotopic (exact) mass is 381 g/mol. The Labute approximate surface area is 160 Å². The molecule has 0 atom stereocenters. The number of nitrogens with one attached hydrogen (secondary N) is 1. The van der Waals surface area contributed by atoms with Gasteiger partial charge in [0, 0.05) is 6.54 Å². The summed E-state index contributed by atoms with van der Waals surface area (Å²) in [6.45, 7) is 0.774. The molecule has 1 aliphatic rings. The normalized spacial score (nSPS) is 14.3. The van der Waals surface area contributed by atoms with Crippen molar-refractivity contribution in [1.82, 2.24) is 9.88 Å². The number of aliphatic hydroxyl groups is 1. The Hall–Kier alpha value is -3.06. The van der Waals surface area contributed by atoms with Crippen LogP contribution in [0, 0.1) is 5.41 Å². The Morgan fingerprint density at radius 3 is 2.67 bits per heavy atom. The van der Waals surface area contributed by atoms with Crippen LogP contribution in [0.5, 0.6) is 11.5 Å². The van der Waals surface area contributed by atoms with Gasteiger partial charge in [0.25, 0.3) is 0 Å². The van der Waals surface area contributed by atoms with E-state index in [1.807, 2.05) is 47.4 Å². The second-order valence-corrected chi connectivity index (χ2v) is 7.23. The molecule has 2 aromatic carbocycles. The summed E-state index contributed by atoms with van der Waals surface area (Å²) in [5.74, 6) is 1.76. The molecule has 4 rings (SSSR count). The average Bonchev–Trinajstić information content (AvgIpc) is 3.21. The van der Waals surface area contributed by atoms with E-state index in [9.17, 15) is 5.11 Å². The van der Waals surface area contributed by atoms with E-state index in [2.05, 4.69) is 4.98 Å². The highest BCUT2D eigenvalue weighted by atomic mass is 32.1. The van der Waals surface area contributed by atoms with Crippen molar-refractivity contribution < 1.29 is 14.6 Å². The van der Waals surface area contributed by atoms with E-state index < -0.39 is 0 Å². The van der Waals surface area contributed by atoms with Crippen molar-refractivity contribution in [2.45, 2.75) is 6.54 Å². The lowest BCUT2D eigenvalue weighted by Crippen LogP contribution is -2.26. The molecule has 0 saturated heterocycles. The number of ether oxygens (including phenoxy) is 2. The number of aromatic nitrogens is 1. The lowest BCUT2D eigenvalue weighted by atomic mass is 10.2. The first-order chi connectivity index (χ1) is 13.1. The van der Waals surface area contributed by atoms with Crippen LogP contribution >= 0.6 is 11.3 Å². The summed E-state index contributed by atoms with van der Waals surface area (Å²) in [6.07, 6.45) is 0. The van der Waals surface area contributed by atoms with Crippen LogP contribution in [0.3, 0.4) is 0 Å². The Morgan fingerprint density at radius 2 is 1.93 bits per heavy atom. The molecule has 0 bridgehead atoms. The summed E-state index contributed by atoms with van der Waals surface area (Å²) >= 11 is 1.49. The number of hydrogen-bond acceptors (Lipinski definition) is 6. The zero-order chi connectivity index (χ0) is 19.0. The number of methoxy groups -OCH3 is 2. The quantitative estimate of drug-likeness (QED) is 0.696. The minimum atomic E-state index is 0.180. The van der Waals surface area contributed by atoms with Crippen LogP contribution < -0.4 is 9.47 Å². The molecule has 6 nitrogen and oxygen atoms in total. The van der Waals surface area contributed by atoms with E-state index in [1.165, 1.54) is 11.3 Å². The molecule has 0 aliphatic carbocycles. The first-order valence-electron chi connectivity index (χ1n) is 8.43.